The molecular formula is C14H13BrF2N2O. The fourth-order valence-corrected chi connectivity index (χ4v) is 2.30. The first-order valence-electron chi connectivity index (χ1n) is 5.82. The third-order valence-corrected chi connectivity index (χ3v) is 3.60. The summed E-state index contributed by atoms with van der Waals surface area (Å²) in [5.74, 6) is 4.78. The fraction of sp³-hybridized carbons (Fsp3) is 0.143. The molecule has 0 saturated heterocycles. The summed E-state index contributed by atoms with van der Waals surface area (Å²) >= 11 is 3.04. The fourth-order valence-electron chi connectivity index (χ4n) is 1.95. The zero-order valence-electron chi connectivity index (χ0n) is 10.7. The molecule has 0 bridgehead atoms. The van der Waals surface area contributed by atoms with Crippen LogP contribution in [0.3, 0.4) is 0 Å². The van der Waals surface area contributed by atoms with Gasteiger partial charge in [-0.2, -0.15) is 0 Å². The van der Waals surface area contributed by atoms with Crippen LogP contribution in [0, 0.1) is 11.6 Å². The van der Waals surface area contributed by atoms with Crippen LogP contribution in [0.15, 0.2) is 40.9 Å². The van der Waals surface area contributed by atoms with Crippen molar-refractivity contribution in [1.29, 1.82) is 0 Å². The second-order valence-electron chi connectivity index (χ2n) is 4.13. The number of halogens is 3. The molecule has 2 rings (SSSR count). The van der Waals surface area contributed by atoms with Gasteiger partial charge in [0.1, 0.15) is 17.4 Å². The number of benzene rings is 2. The molecular weight excluding hydrogens is 330 g/mol. The van der Waals surface area contributed by atoms with E-state index in [4.69, 9.17) is 10.6 Å². The Hall–Kier alpha value is -1.50. The molecule has 3 N–H and O–H groups in total. The lowest BCUT2D eigenvalue weighted by molar-refractivity contribution is 0.414. The van der Waals surface area contributed by atoms with Gasteiger partial charge in [-0.05, 0) is 45.8 Å². The minimum Gasteiger partial charge on any atom is -0.497 e. The molecule has 106 valence electrons. The molecule has 2 aromatic carbocycles. The van der Waals surface area contributed by atoms with Crippen LogP contribution in [0.25, 0.3) is 0 Å². The number of nitrogens with one attached hydrogen (secondary N) is 1. The second kappa shape index (κ2) is 6.30. The van der Waals surface area contributed by atoms with E-state index in [0.29, 0.717) is 11.3 Å². The highest BCUT2D eigenvalue weighted by Gasteiger charge is 2.22. The number of hydrogen-bond donors (Lipinski definition) is 2. The van der Waals surface area contributed by atoms with Crippen LogP contribution in [0.5, 0.6) is 5.75 Å². The van der Waals surface area contributed by atoms with Gasteiger partial charge in [-0.3, -0.25) is 5.84 Å². The third kappa shape index (κ3) is 2.82. The minimum absolute atomic E-state index is 0.132. The summed E-state index contributed by atoms with van der Waals surface area (Å²) in [6.45, 7) is 0. The average Bonchev–Trinajstić information content (AvgIpc) is 2.48. The number of hydrazine groups is 1. The number of hydrogen-bond acceptors (Lipinski definition) is 3. The number of ether oxygens (including phenoxy) is 1. The van der Waals surface area contributed by atoms with Gasteiger partial charge in [0.2, 0.25) is 0 Å². The van der Waals surface area contributed by atoms with Gasteiger partial charge < -0.3 is 4.74 Å². The van der Waals surface area contributed by atoms with Crippen molar-refractivity contribution < 1.29 is 13.5 Å². The number of rotatable bonds is 4. The molecule has 0 aromatic heterocycles. The molecule has 20 heavy (non-hydrogen) atoms. The molecule has 0 aliphatic rings. The van der Waals surface area contributed by atoms with Crippen molar-refractivity contribution in [3.05, 3.63) is 63.6 Å². The molecule has 0 fully saturated rings. The molecule has 3 nitrogen and oxygen atoms in total. The summed E-state index contributed by atoms with van der Waals surface area (Å²) in [4.78, 5) is 0. The summed E-state index contributed by atoms with van der Waals surface area (Å²) in [7, 11) is 1.54. The van der Waals surface area contributed by atoms with Gasteiger partial charge in [0.15, 0.2) is 0 Å². The molecule has 6 heteroatoms. The predicted molar refractivity (Wildman–Crippen MR) is 76.2 cm³/mol. The Morgan fingerprint density at radius 2 is 1.80 bits per heavy atom. The summed E-state index contributed by atoms with van der Waals surface area (Å²) in [6, 6.07) is 8.51. The van der Waals surface area contributed by atoms with Gasteiger partial charge in [0.25, 0.3) is 0 Å². The van der Waals surface area contributed by atoms with E-state index in [2.05, 4.69) is 21.4 Å². The molecule has 0 heterocycles. The molecule has 0 saturated carbocycles. The van der Waals surface area contributed by atoms with E-state index < -0.39 is 17.7 Å². The first-order chi connectivity index (χ1) is 9.58. The highest BCUT2D eigenvalue weighted by molar-refractivity contribution is 9.10. The maximum atomic E-state index is 14.1. The molecule has 0 aliphatic heterocycles. The van der Waals surface area contributed by atoms with Crippen LogP contribution >= 0.6 is 15.9 Å². The summed E-state index contributed by atoms with van der Waals surface area (Å²) < 4.78 is 33.3. The Bertz CT molecular complexity index is 605. The van der Waals surface area contributed by atoms with Gasteiger partial charge in [0, 0.05) is 5.56 Å². The monoisotopic (exact) mass is 342 g/mol. The molecule has 0 radical (unpaired) electrons. The SMILES string of the molecule is COc1ccc(C(NN)c2c(F)ccc(Br)c2F)cc1. The number of nitrogens with two attached hydrogens (primary N) is 1. The Morgan fingerprint density at radius 1 is 1.15 bits per heavy atom. The smallest absolute Gasteiger partial charge is 0.145 e. The molecule has 1 unspecified atom stereocenters. The van der Waals surface area contributed by atoms with Gasteiger partial charge in [-0.1, -0.05) is 12.1 Å². The lowest BCUT2D eigenvalue weighted by atomic mass is 9.98. The Balaban J connectivity index is 2.49. The van der Waals surface area contributed by atoms with Crippen molar-refractivity contribution in [1.82, 2.24) is 5.43 Å². The van der Waals surface area contributed by atoms with Crippen molar-refractivity contribution in [3.63, 3.8) is 0 Å². The zero-order chi connectivity index (χ0) is 14.7. The summed E-state index contributed by atoms with van der Waals surface area (Å²) in [5, 5.41) is 0. The Labute approximate surface area is 123 Å². The van der Waals surface area contributed by atoms with Crippen LogP contribution in [0.1, 0.15) is 17.2 Å². The van der Waals surface area contributed by atoms with Gasteiger partial charge in [-0.15, -0.1) is 0 Å². The van der Waals surface area contributed by atoms with Crippen LogP contribution in [0.4, 0.5) is 8.78 Å². The molecule has 1 atom stereocenters. The maximum Gasteiger partial charge on any atom is 0.145 e. The molecule has 2 aromatic rings. The van der Waals surface area contributed by atoms with E-state index in [9.17, 15) is 8.78 Å². The van der Waals surface area contributed by atoms with Gasteiger partial charge in [0.05, 0.1) is 17.6 Å². The normalized spacial score (nSPS) is 12.2. The van der Waals surface area contributed by atoms with Crippen LogP contribution in [-0.2, 0) is 0 Å². The Morgan fingerprint density at radius 3 is 2.35 bits per heavy atom. The Kier molecular flexibility index (Phi) is 4.69. The maximum absolute atomic E-state index is 14.1. The molecule has 0 aliphatic carbocycles. The highest BCUT2D eigenvalue weighted by Crippen LogP contribution is 2.31. The second-order valence-corrected chi connectivity index (χ2v) is 4.98. The first kappa shape index (κ1) is 14.9. The molecule has 0 spiro atoms. The summed E-state index contributed by atoms with van der Waals surface area (Å²) in [6.07, 6.45) is 0. The van der Waals surface area contributed by atoms with Crippen molar-refractivity contribution in [3.8, 4) is 5.75 Å². The lowest BCUT2D eigenvalue weighted by Gasteiger charge is -2.19. The van der Waals surface area contributed by atoms with Crippen LogP contribution in [0.2, 0.25) is 0 Å². The third-order valence-electron chi connectivity index (χ3n) is 2.98. The van der Waals surface area contributed by atoms with Gasteiger partial charge in [-0.25, -0.2) is 14.2 Å². The van der Waals surface area contributed by atoms with E-state index in [0.717, 1.165) is 0 Å². The van der Waals surface area contributed by atoms with Crippen molar-refractivity contribution in [2.45, 2.75) is 6.04 Å². The van der Waals surface area contributed by atoms with E-state index in [1.54, 1.807) is 31.4 Å². The first-order valence-corrected chi connectivity index (χ1v) is 6.61. The van der Waals surface area contributed by atoms with E-state index in [1.165, 1.54) is 12.1 Å². The highest BCUT2D eigenvalue weighted by atomic mass is 79.9. The minimum atomic E-state index is -0.793. The zero-order valence-corrected chi connectivity index (χ0v) is 12.2. The quantitative estimate of drug-likeness (QED) is 0.509. The number of methoxy groups -OCH3 is 1. The molecule has 0 amide bonds. The van der Waals surface area contributed by atoms with Crippen LogP contribution < -0.4 is 16.0 Å². The van der Waals surface area contributed by atoms with E-state index in [1.807, 2.05) is 0 Å². The van der Waals surface area contributed by atoms with E-state index >= 15 is 0 Å². The van der Waals surface area contributed by atoms with Crippen LogP contribution in [-0.4, -0.2) is 7.11 Å². The lowest BCUT2D eigenvalue weighted by Crippen LogP contribution is -2.30. The van der Waals surface area contributed by atoms with Gasteiger partial charge >= 0.3 is 0 Å². The average molecular weight is 343 g/mol. The van der Waals surface area contributed by atoms with Crippen molar-refractivity contribution in [2.75, 3.05) is 7.11 Å². The standard InChI is InChI=1S/C14H13BrF2N2O/c1-20-9-4-2-8(3-5-9)14(19-18)12-11(16)7-6-10(15)13(12)17/h2-7,14,19H,18H2,1H3. The largest absolute Gasteiger partial charge is 0.497 e. The van der Waals surface area contributed by atoms with Crippen molar-refractivity contribution >= 4 is 15.9 Å². The predicted octanol–water partition coefficient (Wildman–Crippen LogP) is 3.29. The van der Waals surface area contributed by atoms with Crippen molar-refractivity contribution in [2.24, 2.45) is 5.84 Å². The summed E-state index contributed by atoms with van der Waals surface area (Å²) in [5.41, 5.74) is 2.94. The topological polar surface area (TPSA) is 47.3 Å². The van der Waals surface area contributed by atoms with E-state index in [-0.39, 0.29) is 10.0 Å².